The molecule has 2 aliphatic heterocycles. The first kappa shape index (κ1) is 21.7. The van der Waals surface area contributed by atoms with Gasteiger partial charge in [-0.2, -0.15) is 0 Å². The number of nitrogens with zero attached hydrogens (tertiary/aromatic N) is 3. The minimum Gasteiger partial charge on any atom is -0.383 e. The molecule has 1 fully saturated rings. The lowest BCUT2D eigenvalue weighted by Crippen LogP contribution is -2.54. The number of methoxy groups -OCH3 is 1. The van der Waals surface area contributed by atoms with Crippen molar-refractivity contribution in [2.45, 2.75) is 19.8 Å². The molecule has 8 heteroatoms. The van der Waals surface area contributed by atoms with E-state index < -0.39 is 0 Å². The van der Waals surface area contributed by atoms with Crippen LogP contribution in [0.4, 0.5) is 0 Å². The first-order chi connectivity index (χ1) is 13.2. The fraction of sp³-hybridized carbons (Fsp3) is 0.789. The number of ether oxygens (including phenoxy) is 2. The highest BCUT2D eigenvalue weighted by atomic mass is 16.5. The third-order valence-electron chi connectivity index (χ3n) is 4.75. The average Bonchev–Trinajstić information content (AvgIpc) is 2.69. The molecular formula is C19H35N5O3. The smallest absolute Gasteiger partial charge is 0.234 e. The molecule has 2 rings (SSSR count). The molecule has 0 aromatic heterocycles. The topological polar surface area (TPSA) is 78.4 Å². The Bertz CT molecular complexity index is 502. The van der Waals surface area contributed by atoms with Crippen molar-refractivity contribution >= 4 is 11.9 Å². The highest BCUT2D eigenvalue weighted by Gasteiger charge is 2.21. The van der Waals surface area contributed by atoms with Gasteiger partial charge in [-0.05, 0) is 19.8 Å². The maximum atomic E-state index is 11.9. The van der Waals surface area contributed by atoms with Crippen LogP contribution in [-0.2, 0) is 14.3 Å². The number of nitrogens with one attached hydrogen (secondary N) is 2. The highest BCUT2D eigenvalue weighted by Crippen LogP contribution is 2.12. The molecule has 0 aromatic carbocycles. The number of hydrogen-bond donors (Lipinski definition) is 2. The largest absolute Gasteiger partial charge is 0.383 e. The minimum absolute atomic E-state index is 0.0609. The van der Waals surface area contributed by atoms with Crippen molar-refractivity contribution < 1.29 is 14.3 Å². The van der Waals surface area contributed by atoms with E-state index in [0.717, 1.165) is 71.3 Å². The van der Waals surface area contributed by atoms with E-state index in [1.165, 1.54) is 5.57 Å². The van der Waals surface area contributed by atoms with Crippen molar-refractivity contribution in [2.24, 2.45) is 4.99 Å². The Kier molecular flexibility index (Phi) is 10.2. The fourth-order valence-corrected chi connectivity index (χ4v) is 3.19. The molecule has 27 heavy (non-hydrogen) atoms. The molecule has 1 amide bonds. The second-order valence-corrected chi connectivity index (χ2v) is 6.78. The van der Waals surface area contributed by atoms with Crippen molar-refractivity contribution in [1.29, 1.82) is 0 Å². The first-order valence-corrected chi connectivity index (χ1v) is 9.99. The Morgan fingerprint density at radius 3 is 2.78 bits per heavy atom. The van der Waals surface area contributed by atoms with E-state index in [9.17, 15) is 4.79 Å². The van der Waals surface area contributed by atoms with Gasteiger partial charge in [-0.25, -0.2) is 0 Å². The molecule has 8 nitrogen and oxygen atoms in total. The van der Waals surface area contributed by atoms with Gasteiger partial charge in [0.15, 0.2) is 5.96 Å². The van der Waals surface area contributed by atoms with Gasteiger partial charge >= 0.3 is 0 Å². The molecule has 2 aliphatic rings. The minimum atomic E-state index is 0.0609. The summed E-state index contributed by atoms with van der Waals surface area (Å²) in [6.45, 7) is 10.4. The molecule has 1 saturated heterocycles. The van der Waals surface area contributed by atoms with Gasteiger partial charge in [0.2, 0.25) is 5.91 Å². The molecule has 154 valence electrons. The normalized spacial score (nSPS) is 19.0. The van der Waals surface area contributed by atoms with Gasteiger partial charge < -0.3 is 25.0 Å². The van der Waals surface area contributed by atoms with Crippen LogP contribution in [0.5, 0.6) is 0 Å². The van der Waals surface area contributed by atoms with Crippen molar-refractivity contribution in [3.63, 3.8) is 0 Å². The van der Waals surface area contributed by atoms with Crippen LogP contribution in [0.2, 0.25) is 0 Å². The molecule has 0 radical (unpaired) electrons. The van der Waals surface area contributed by atoms with Gasteiger partial charge in [-0.15, -0.1) is 0 Å². The second kappa shape index (κ2) is 12.7. The molecule has 2 N–H and O–H groups in total. The third-order valence-corrected chi connectivity index (χ3v) is 4.75. The van der Waals surface area contributed by atoms with E-state index in [2.05, 4.69) is 33.4 Å². The number of guanidine groups is 1. The van der Waals surface area contributed by atoms with E-state index >= 15 is 0 Å². The maximum absolute atomic E-state index is 11.9. The van der Waals surface area contributed by atoms with E-state index in [-0.39, 0.29) is 5.91 Å². The monoisotopic (exact) mass is 381 g/mol. The molecule has 0 unspecified atom stereocenters. The number of carbonyl (C=O) groups excluding carboxylic acids is 1. The summed E-state index contributed by atoms with van der Waals surface area (Å²) in [6, 6.07) is 0. The number of piperazine rings is 1. The summed E-state index contributed by atoms with van der Waals surface area (Å²) >= 11 is 0. The summed E-state index contributed by atoms with van der Waals surface area (Å²) < 4.78 is 10.3. The number of rotatable bonds is 9. The first-order valence-electron chi connectivity index (χ1n) is 9.99. The summed E-state index contributed by atoms with van der Waals surface area (Å²) in [4.78, 5) is 21.2. The highest BCUT2D eigenvalue weighted by molar-refractivity contribution is 5.80. The van der Waals surface area contributed by atoms with Gasteiger partial charge in [0.25, 0.3) is 0 Å². The van der Waals surface area contributed by atoms with Crippen LogP contribution in [0.15, 0.2) is 16.6 Å². The summed E-state index contributed by atoms with van der Waals surface area (Å²) in [5, 5.41) is 6.27. The zero-order valence-electron chi connectivity index (χ0n) is 16.8. The van der Waals surface area contributed by atoms with Crippen LogP contribution in [0.25, 0.3) is 0 Å². The van der Waals surface area contributed by atoms with Gasteiger partial charge in [-0.1, -0.05) is 11.6 Å². The van der Waals surface area contributed by atoms with Crippen LogP contribution < -0.4 is 10.6 Å². The third kappa shape index (κ3) is 8.28. The summed E-state index contributed by atoms with van der Waals surface area (Å²) in [6.07, 6.45) is 4.21. The lowest BCUT2D eigenvalue weighted by Gasteiger charge is -2.36. The van der Waals surface area contributed by atoms with Crippen molar-refractivity contribution in [3.8, 4) is 0 Å². The molecule has 2 heterocycles. The second-order valence-electron chi connectivity index (χ2n) is 6.78. The van der Waals surface area contributed by atoms with Crippen LogP contribution in [-0.4, -0.2) is 101 Å². The van der Waals surface area contributed by atoms with Gasteiger partial charge in [0.05, 0.1) is 26.4 Å². The van der Waals surface area contributed by atoms with Crippen LogP contribution in [0.1, 0.15) is 19.8 Å². The van der Waals surface area contributed by atoms with Crippen LogP contribution in [0.3, 0.4) is 0 Å². The van der Waals surface area contributed by atoms with Crippen molar-refractivity contribution in [1.82, 2.24) is 20.4 Å². The van der Waals surface area contributed by atoms with Crippen LogP contribution >= 0.6 is 0 Å². The molecule has 0 bridgehead atoms. The molecule has 0 saturated carbocycles. The molecule has 0 aromatic rings. The summed E-state index contributed by atoms with van der Waals surface area (Å²) in [5.41, 5.74) is 1.45. The lowest BCUT2D eigenvalue weighted by atomic mass is 10.1. The number of carbonyl (C=O) groups is 1. The van der Waals surface area contributed by atoms with Gasteiger partial charge in [0.1, 0.15) is 0 Å². The van der Waals surface area contributed by atoms with Crippen molar-refractivity contribution in [3.05, 3.63) is 11.6 Å². The number of aliphatic imine (C=N–C) groups is 1. The van der Waals surface area contributed by atoms with E-state index in [1.54, 1.807) is 7.11 Å². The maximum Gasteiger partial charge on any atom is 0.234 e. The predicted molar refractivity (Wildman–Crippen MR) is 107 cm³/mol. The Balaban J connectivity index is 1.74. The number of amides is 1. The SMILES string of the molecule is CCNC(=NCCC1=CCOCC1)N1CCN(CC(=O)NCCOC)CC1. The Hall–Kier alpha value is -1.64. The zero-order valence-corrected chi connectivity index (χ0v) is 16.8. The van der Waals surface area contributed by atoms with Gasteiger partial charge in [-0.3, -0.25) is 14.7 Å². The fourth-order valence-electron chi connectivity index (χ4n) is 3.19. The van der Waals surface area contributed by atoms with Gasteiger partial charge in [0, 0.05) is 52.9 Å². The van der Waals surface area contributed by atoms with Crippen molar-refractivity contribution in [2.75, 3.05) is 79.3 Å². The Morgan fingerprint density at radius 1 is 1.30 bits per heavy atom. The average molecular weight is 382 g/mol. The van der Waals surface area contributed by atoms with E-state index in [1.807, 2.05) is 0 Å². The summed E-state index contributed by atoms with van der Waals surface area (Å²) in [7, 11) is 1.63. The molecule has 0 atom stereocenters. The predicted octanol–water partition coefficient (Wildman–Crippen LogP) is 0.0689. The van der Waals surface area contributed by atoms with Crippen LogP contribution in [0, 0.1) is 0 Å². The summed E-state index contributed by atoms with van der Waals surface area (Å²) in [5.74, 6) is 1.04. The molecule has 0 spiro atoms. The quantitative estimate of drug-likeness (QED) is 0.255. The van der Waals surface area contributed by atoms with E-state index in [4.69, 9.17) is 14.5 Å². The zero-order chi connectivity index (χ0) is 19.3. The Morgan fingerprint density at radius 2 is 2.11 bits per heavy atom. The molecule has 0 aliphatic carbocycles. The lowest BCUT2D eigenvalue weighted by molar-refractivity contribution is -0.122. The van der Waals surface area contributed by atoms with E-state index in [0.29, 0.717) is 19.7 Å². The number of hydrogen-bond acceptors (Lipinski definition) is 5. The Labute approximate surface area is 163 Å². The standard InChI is InChI=1S/C19H35N5O3/c1-3-20-19(22-7-4-17-5-13-27-14-6-17)24-11-9-23(10-12-24)16-18(25)21-8-15-26-2/h5H,3-4,6-16H2,1-2H3,(H,20,22)(H,21,25). The molecular weight excluding hydrogens is 346 g/mol.